The van der Waals surface area contributed by atoms with Gasteiger partial charge in [-0.15, -0.1) is 0 Å². The maximum Gasteiger partial charge on any atom is 0.409 e. The summed E-state index contributed by atoms with van der Waals surface area (Å²) in [5.74, 6) is 0.703. The fourth-order valence-electron chi connectivity index (χ4n) is 1.86. The fourth-order valence-corrected chi connectivity index (χ4v) is 1.86. The van der Waals surface area contributed by atoms with Gasteiger partial charge in [-0.25, -0.2) is 4.79 Å². The monoisotopic (exact) mass is 242 g/mol. The summed E-state index contributed by atoms with van der Waals surface area (Å²) >= 11 is 0. The van der Waals surface area contributed by atoms with Crippen LogP contribution in [0.25, 0.3) is 0 Å². The number of carbonyl (C=O) groups excluding carboxylic acids is 2. The quantitative estimate of drug-likeness (QED) is 0.750. The van der Waals surface area contributed by atoms with Gasteiger partial charge in [-0.2, -0.15) is 0 Å². The summed E-state index contributed by atoms with van der Waals surface area (Å²) in [6, 6.07) is 0. The highest BCUT2D eigenvalue weighted by atomic mass is 16.6. The first-order valence-electron chi connectivity index (χ1n) is 6.20. The van der Waals surface area contributed by atoms with Crippen LogP contribution in [0.1, 0.15) is 26.7 Å². The molecule has 98 valence electrons. The predicted octanol–water partition coefficient (Wildman–Crippen LogP) is 1.33. The number of likely N-dealkylation sites (tertiary alicyclic amines) is 1. The van der Waals surface area contributed by atoms with Crippen molar-refractivity contribution in [1.29, 1.82) is 0 Å². The van der Waals surface area contributed by atoms with Gasteiger partial charge in [0.05, 0.1) is 6.61 Å². The number of amides is 2. The molecule has 2 amide bonds. The summed E-state index contributed by atoms with van der Waals surface area (Å²) in [5, 5.41) is 0. The summed E-state index contributed by atoms with van der Waals surface area (Å²) < 4.78 is 4.83. The van der Waals surface area contributed by atoms with E-state index in [2.05, 4.69) is 6.92 Å². The maximum absolute atomic E-state index is 11.9. The number of nitrogens with zero attached hydrogens (tertiary/aromatic N) is 2. The van der Waals surface area contributed by atoms with Crippen molar-refractivity contribution in [3.8, 4) is 0 Å². The van der Waals surface area contributed by atoms with E-state index < -0.39 is 6.09 Å². The van der Waals surface area contributed by atoms with Gasteiger partial charge in [0, 0.05) is 20.1 Å². The molecule has 1 saturated heterocycles. The normalized spacial score (nSPS) is 16.8. The Labute approximate surface area is 103 Å². The van der Waals surface area contributed by atoms with E-state index in [-0.39, 0.29) is 12.5 Å². The fraction of sp³-hybridized carbons (Fsp3) is 0.833. The molecule has 0 saturated carbocycles. The second-order valence-corrected chi connectivity index (χ2v) is 4.62. The van der Waals surface area contributed by atoms with Gasteiger partial charge in [0.2, 0.25) is 5.91 Å². The van der Waals surface area contributed by atoms with Crippen LogP contribution in [0.15, 0.2) is 0 Å². The molecule has 0 aromatic carbocycles. The van der Waals surface area contributed by atoms with Crippen LogP contribution in [-0.4, -0.2) is 55.1 Å². The molecule has 1 fully saturated rings. The van der Waals surface area contributed by atoms with E-state index in [1.807, 2.05) is 4.90 Å². The van der Waals surface area contributed by atoms with Crippen LogP contribution in [-0.2, 0) is 9.53 Å². The Morgan fingerprint density at radius 3 is 2.47 bits per heavy atom. The summed E-state index contributed by atoms with van der Waals surface area (Å²) in [5.41, 5.74) is 0. The van der Waals surface area contributed by atoms with Crippen molar-refractivity contribution < 1.29 is 14.3 Å². The van der Waals surface area contributed by atoms with Crippen LogP contribution in [0.4, 0.5) is 4.79 Å². The first-order chi connectivity index (χ1) is 8.04. The second kappa shape index (κ2) is 6.47. The lowest BCUT2D eigenvalue weighted by molar-refractivity contribution is -0.133. The van der Waals surface area contributed by atoms with E-state index in [9.17, 15) is 9.59 Å². The minimum Gasteiger partial charge on any atom is -0.450 e. The summed E-state index contributed by atoms with van der Waals surface area (Å²) in [7, 11) is 1.59. The van der Waals surface area contributed by atoms with Crippen LogP contribution < -0.4 is 0 Å². The highest BCUT2D eigenvalue weighted by molar-refractivity contribution is 5.82. The molecule has 0 radical (unpaired) electrons. The summed E-state index contributed by atoms with van der Waals surface area (Å²) in [6.07, 6.45) is 1.66. The van der Waals surface area contributed by atoms with E-state index in [0.717, 1.165) is 25.9 Å². The molecule has 1 aliphatic rings. The van der Waals surface area contributed by atoms with E-state index in [1.165, 1.54) is 4.90 Å². The average Bonchev–Trinajstić information content (AvgIpc) is 2.30. The molecule has 0 unspecified atom stereocenters. The van der Waals surface area contributed by atoms with Gasteiger partial charge in [0.1, 0.15) is 6.54 Å². The van der Waals surface area contributed by atoms with Gasteiger partial charge < -0.3 is 14.5 Å². The highest BCUT2D eigenvalue weighted by Gasteiger charge is 2.22. The molecule has 1 heterocycles. The zero-order chi connectivity index (χ0) is 12.8. The number of hydrogen-bond donors (Lipinski definition) is 0. The van der Waals surface area contributed by atoms with E-state index in [0.29, 0.717) is 12.5 Å². The Kier molecular flexibility index (Phi) is 5.25. The smallest absolute Gasteiger partial charge is 0.409 e. The molecule has 0 aliphatic carbocycles. The van der Waals surface area contributed by atoms with Crippen molar-refractivity contribution in [2.75, 3.05) is 33.3 Å². The molecular formula is C12H22N2O3. The minimum atomic E-state index is -0.439. The topological polar surface area (TPSA) is 49.9 Å². The average molecular weight is 242 g/mol. The van der Waals surface area contributed by atoms with Gasteiger partial charge in [-0.05, 0) is 25.7 Å². The van der Waals surface area contributed by atoms with Crippen molar-refractivity contribution in [3.63, 3.8) is 0 Å². The largest absolute Gasteiger partial charge is 0.450 e. The Hall–Kier alpha value is -1.26. The number of hydrogen-bond acceptors (Lipinski definition) is 3. The van der Waals surface area contributed by atoms with E-state index in [1.54, 1.807) is 14.0 Å². The first-order valence-corrected chi connectivity index (χ1v) is 6.20. The SMILES string of the molecule is CCOC(=O)N(C)CC(=O)N1CCC(C)CC1. The molecular weight excluding hydrogens is 220 g/mol. The van der Waals surface area contributed by atoms with Crippen LogP contribution in [0, 0.1) is 5.92 Å². The highest BCUT2D eigenvalue weighted by Crippen LogP contribution is 2.16. The third kappa shape index (κ3) is 4.24. The Morgan fingerprint density at radius 2 is 1.94 bits per heavy atom. The number of likely N-dealkylation sites (N-methyl/N-ethyl adjacent to an activating group) is 1. The van der Waals surface area contributed by atoms with Crippen molar-refractivity contribution in [1.82, 2.24) is 9.80 Å². The molecule has 0 bridgehead atoms. The number of piperidine rings is 1. The van der Waals surface area contributed by atoms with E-state index >= 15 is 0 Å². The Bertz CT molecular complexity index is 273. The molecule has 5 heteroatoms. The maximum atomic E-state index is 11.9. The number of ether oxygens (including phenoxy) is 1. The van der Waals surface area contributed by atoms with Gasteiger partial charge >= 0.3 is 6.09 Å². The zero-order valence-corrected chi connectivity index (χ0v) is 10.9. The van der Waals surface area contributed by atoms with Crippen molar-refractivity contribution >= 4 is 12.0 Å². The number of rotatable bonds is 3. The molecule has 0 aromatic rings. The molecule has 1 aliphatic heterocycles. The molecule has 0 N–H and O–H groups in total. The zero-order valence-electron chi connectivity index (χ0n) is 10.9. The third-order valence-corrected chi connectivity index (χ3v) is 3.09. The minimum absolute atomic E-state index is 0.00690. The predicted molar refractivity (Wildman–Crippen MR) is 64.6 cm³/mol. The Balaban J connectivity index is 2.35. The lowest BCUT2D eigenvalue weighted by Gasteiger charge is -2.31. The van der Waals surface area contributed by atoms with Crippen LogP contribution in [0.2, 0.25) is 0 Å². The first kappa shape index (κ1) is 13.8. The molecule has 0 spiro atoms. The van der Waals surface area contributed by atoms with Crippen LogP contribution >= 0.6 is 0 Å². The Morgan fingerprint density at radius 1 is 1.35 bits per heavy atom. The lowest BCUT2D eigenvalue weighted by Crippen LogP contribution is -2.44. The van der Waals surface area contributed by atoms with E-state index in [4.69, 9.17) is 4.74 Å². The molecule has 17 heavy (non-hydrogen) atoms. The lowest BCUT2D eigenvalue weighted by atomic mass is 9.99. The molecule has 0 aromatic heterocycles. The van der Waals surface area contributed by atoms with Gasteiger partial charge in [-0.3, -0.25) is 4.79 Å². The van der Waals surface area contributed by atoms with Crippen molar-refractivity contribution in [3.05, 3.63) is 0 Å². The van der Waals surface area contributed by atoms with Crippen molar-refractivity contribution in [2.24, 2.45) is 5.92 Å². The molecule has 1 rings (SSSR count). The van der Waals surface area contributed by atoms with Gasteiger partial charge in [0.25, 0.3) is 0 Å². The van der Waals surface area contributed by atoms with Crippen LogP contribution in [0.3, 0.4) is 0 Å². The van der Waals surface area contributed by atoms with Crippen molar-refractivity contribution in [2.45, 2.75) is 26.7 Å². The van der Waals surface area contributed by atoms with Crippen LogP contribution in [0.5, 0.6) is 0 Å². The standard InChI is InChI=1S/C12H22N2O3/c1-4-17-12(16)13(3)9-11(15)14-7-5-10(2)6-8-14/h10H,4-9H2,1-3H3. The van der Waals surface area contributed by atoms with Gasteiger partial charge in [-0.1, -0.05) is 6.92 Å². The second-order valence-electron chi connectivity index (χ2n) is 4.62. The van der Waals surface area contributed by atoms with Gasteiger partial charge in [0.15, 0.2) is 0 Å². The summed E-state index contributed by atoms with van der Waals surface area (Å²) in [4.78, 5) is 26.4. The molecule has 0 atom stereocenters. The number of carbonyl (C=O) groups is 2. The molecule has 5 nitrogen and oxygen atoms in total. The summed E-state index contributed by atoms with van der Waals surface area (Å²) in [6.45, 7) is 5.99. The third-order valence-electron chi connectivity index (χ3n) is 3.09.